The molecule has 0 aromatic carbocycles. The van der Waals surface area contributed by atoms with Gasteiger partial charge in [-0.2, -0.15) is 0 Å². The van der Waals surface area contributed by atoms with Crippen LogP contribution >= 0.6 is 0 Å². The van der Waals surface area contributed by atoms with Crippen molar-refractivity contribution in [3.05, 3.63) is 12.7 Å². The summed E-state index contributed by atoms with van der Waals surface area (Å²) in [5, 5.41) is 9.24. The summed E-state index contributed by atoms with van der Waals surface area (Å²) in [7, 11) is 0. The number of carbonyl (C=O) groups excluding carboxylic acids is 1. The second kappa shape index (κ2) is 6.08. The van der Waals surface area contributed by atoms with E-state index < -0.39 is 12.0 Å². The minimum absolute atomic E-state index is 0.209. The van der Waals surface area contributed by atoms with Crippen LogP contribution in [0.5, 0.6) is 0 Å². The summed E-state index contributed by atoms with van der Waals surface area (Å²) in [4.78, 5) is 27.0. The third-order valence-corrected chi connectivity index (χ3v) is 3.39. The summed E-state index contributed by atoms with van der Waals surface area (Å²) in [5.41, 5.74) is -0.355. The molecule has 1 aliphatic heterocycles. The predicted octanol–water partition coefficient (Wildman–Crippen LogP) is 2.33. The Kier molecular flexibility index (Phi) is 4.97. The molecule has 0 spiro atoms. The molecular formula is C14H24N2O3. The Morgan fingerprint density at radius 3 is 2.53 bits per heavy atom. The van der Waals surface area contributed by atoms with Gasteiger partial charge in [0.15, 0.2) is 0 Å². The van der Waals surface area contributed by atoms with E-state index in [0.717, 1.165) is 12.8 Å². The topological polar surface area (TPSA) is 60.9 Å². The highest BCUT2D eigenvalue weighted by Gasteiger charge is 2.37. The first kappa shape index (κ1) is 15.5. The Morgan fingerprint density at radius 1 is 1.42 bits per heavy atom. The van der Waals surface area contributed by atoms with Crippen molar-refractivity contribution < 1.29 is 14.7 Å². The number of carbonyl (C=O) groups is 2. The maximum absolute atomic E-state index is 12.6. The first-order valence-electron chi connectivity index (χ1n) is 6.71. The van der Waals surface area contributed by atoms with Crippen LogP contribution < -0.4 is 0 Å². The number of urea groups is 1. The van der Waals surface area contributed by atoms with Crippen LogP contribution in [0.3, 0.4) is 0 Å². The number of rotatable bonds is 3. The third-order valence-electron chi connectivity index (χ3n) is 3.39. The van der Waals surface area contributed by atoms with Crippen molar-refractivity contribution in [2.24, 2.45) is 0 Å². The van der Waals surface area contributed by atoms with Gasteiger partial charge in [-0.3, -0.25) is 0 Å². The largest absolute Gasteiger partial charge is 0.480 e. The van der Waals surface area contributed by atoms with Gasteiger partial charge in [0.2, 0.25) is 0 Å². The lowest BCUT2D eigenvalue weighted by molar-refractivity contribution is -0.143. The molecule has 19 heavy (non-hydrogen) atoms. The second-order valence-electron chi connectivity index (χ2n) is 5.90. The summed E-state index contributed by atoms with van der Waals surface area (Å²) in [5.74, 6) is -0.916. The van der Waals surface area contributed by atoms with Gasteiger partial charge in [0.1, 0.15) is 6.04 Å². The number of piperidine rings is 1. The minimum atomic E-state index is -0.916. The Morgan fingerprint density at radius 2 is 2.05 bits per heavy atom. The zero-order chi connectivity index (χ0) is 14.6. The monoisotopic (exact) mass is 268 g/mol. The van der Waals surface area contributed by atoms with Gasteiger partial charge in [-0.15, -0.1) is 6.58 Å². The molecule has 0 bridgehead atoms. The first-order valence-corrected chi connectivity index (χ1v) is 6.71. The second-order valence-corrected chi connectivity index (χ2v) is 5.90. The van der Waals surface area contributed by atoms with Gasteiger partial charge in [-0.25, -0.2) is 9.59 Å². The Bertz CT molecular complexity index is 360. The van der Waals surface area contributed by atoms with Crippen molar-refractivity contribution in [1.82, 2.24) is 9.80 Å². The normalized spacial score (nSPS) is 19.9. The molecule has 1 aliphatic rings. The van der Waals surface area contributed by atoms with E-state index in [4.69, 9.17) is 0 Å². The highest BCUT2D eigenvalue weighted by molar-refractivity contribution is 5.83. The SMILES string of the molecule is C=CCN(C(=O)N1CCCCC1C(=O)O)C(C)(C)C. The molecule has 2 amide bonds. The van der Waals surface area contributed by atoms with Crippen LogP contribution in [0.25, 0.3) is 0 Å². The van der Waals surface area contributed by atoms with Crippen molar-refractivity contribution in [3.63, 3.8) is 0 Å². The zero-order valence-corrected chi connectivity index (χ0v) is 12.1. The van der Waals surface area contributed by atoms with Crippen molar-refractivity contribution in [2.75, 3.05) is 13.1 Å². The number of likely N-dealkylation sites (tertiary alicyclic amines) is 1. The Labute approximate surface area is 114 Å². The van der Waals surface area contributed by atoms with Gasteiger partial charge in [0.25, 0.3) is 0 Å². The quantitative estimate of drug-likeness (QED) is 0.799. The van der Waals surface area contributed by atoms with Crippen LogP contribution in [0.4, 0.5) is 4.79 Å². The van der Waals surface area contributed by atoms with E-state index in [1.807, 2.05) is 20.8 Å². The lowest BCUT2D eigenvalue weighted by Gasteiger charge is -2.42. The molecule has 1 heterocycles. The number of amides is 2. The fourth-order valence-electron chi connectivity index (χ4n) is 2.34. The Balaban J connectivity index is 2.93. The van der Waals surface area contributed by atoms with Crippen molar-refractivity contribution >= 4 is 12.0 Å². The maximum Gasteiger partial charge on any atom is 0.326 e. The number of hydrogen-bond acceptors (Lipinski definition) is 2. The molecule has 108 valence electrons. The molecular weight excluding hydrogens is 244 g/mol. The average molecular weight is 268 g/mol. The number of hydrogen-bond donors (Lipinski definition) is 1. The summed E-state index contributed by atoms with van der Waals surface area (Å²) in [6.45, 7) is 10.4. The van der Waals surface area contributed by atoms with E-state index in [0.29, 0.717) is 19.5 Å². The molecule has 0 saturated carbocycles. The molecule has 1 fully saturated rings. The molecule has 0 radical (unpaired) electrons. The van der Waals surface area contributed by atoms with E-state index in [1.54, 1.807) is 11.0 Å². The lowest BCUT2D eigenvalue weighted by Crippen LogP contribution is -2.57. The molecule has 5 heteroatoms. The fourth-order valence-corrected chi connectivity index (χ4v) is 2.34. The van der Waals surface area contributed by atoms with Crippen molar-refractivity contribution in [2.45, 2.75) is 51.6 Å². The Hall–Kier alpha value is -1.52. The van der Waals surface area contributed by atoms with Crippen LogP contribution in [0, 0.1) is 0 Å². The standard InChI is InChI=1S/C14H24N2O3/c1-5-9-16(14(2,3)4)13(19)15-10-7-6-8-11(15)12(17)18/h5,11H,1,6-10H2,2-4H3,(H,17,18). The molecule has 1 saturated heterocycles. The van der Waals surface area contributed by atoms with E-state index in [2.05, 4.69) is 6.58 Å². The highest BCUT2D eigenvalue weighted by Crippen LogP contribution is 2.22. The number of carboxylic acid groups (broad SMARTS) is 1. The van der Waals surface area contributed by atoms with E-state index in [-0.39, 0.29) is 11.6 Å². The summed E-state index contributed by atoms with van der Waals surface area (Å²) < 4.78 is 0. The molecule has 0 aliphatic carbocycles. The molecule has 1 unspecified atom stereocenters. The van der Waals surface area contributed by atoms with Crippen LogP contribution in [-0.2, 0) is 4.79 Å². The van der Waals surface area contributed by atoms with Crippen LogP contribution in [0.1, 0.15) is 40.0 Å². The van der Waals surface area contributed by atoms with E-state index in [9.17, 15) is 14.7 Å². The number of carboxylic acids is 1. The average Bonchev–Trinajstić information content (AvgIpc) is 2.33. The zero-order valence-electron chi connectivity index (χ0n) is 12.1. The number of aliphatic carboxylic acids is 1. The summed E-state index contributed by atoms with van der Waals surface area (Å²) in [6.07, 6.45) is 3.93. The van der Waals surface area contributed by atoms with Crippen LogP contribution in [-0.4, -0.2) is 51.6 Å². The molecule has 5 nitrogen and oxygen atoms in total. The van der Waals surface area contributed by atoms with Gasteiger partial charge >= 0.3 is 12.0 Å². The van der Waals surface area contributed by atoms with Crippen molar-refractivity contribution in [1.29, 1.82) is 0 Å². The molecule has 0 aromatic rings. The lowest BCUT2D eigenvalue weighted by atomic mass is 10.0. The minimum Gasteiger partial charge on any atom is -0.480 e. The van der Waals surface area contributed by atoms with Crippen molar-refractivity contribution in [3.8, 4) is 0 Å². The predicted molar refractivity (Wildman–Crippen MR) is 74.0 cm³/mol. The smallest absolute Gasteiger partial charge is 0.326 e. The van der Waals surface area contributed by atoms with Gasteiger partial charge in [-0.05, 0) is 40.0 Å². The van der Waals surface area contributed by atoms with Gasteiger partial charge < -0.3 is 14.9 Å². The molecule has 1 N–H and O–H groups in total. The molecule has 1 rings (SSSR count). The number of nitrogens with zero attached hydrogens (tertiary/aromatic N) is 2. The van der Waals surface area contributed by atoms with E-state index >= 15 is 0 Å². The van der Waals surface area contributed by atoms with Gasteiger partial charge in [0.05, 0.1) is 0 Å². The summed E-state index contributed by atoms with van der Waals surface area (Å²) in [6, 6.07) is -0.907. The molecule has 0 aromatic heterocycles. The van der Waals surface area contributed by atoms with Gasteiger partial charge in [0, 0.05) is 18.6 Å². The summed E-state index contributed by atoms with van der Waals surface area (Å²) >= 11 is 0. The van der Waals surface area contributed by atoms with Crippen LogP contribution in [0.2, 0.25) is 0 Å². The van der Waals surface area contributed by atoms with Gasteiger partial charge in [-0.1, -0.05) is 6.08 Å². The molecule has 1 atom stereocenters. The third kappa shape index (κ3) is 3.72. The maximum atomic E-state index is 12.6. The fraction of sp³-hybridized carbons (Fsp3) is 0.714. The van der Waals surface area contributed by atoms with E-state index in [1.165, 1.54) is 4.90 Å². The first-order chi connectivity index (χ1) is 8.79. The highest BCUT2D eigenvalue weighted by atomic mass is 16.4. The van der Waals surface area contributed by atoms with Crippen LogP contribution in [0.15, 0.2) is 12.7 Å².